The molecule has 0 aliphatic heterocycles. The number of carboxylic acid groups (broad SMARTS) is 1. The summed E-state index contributed by atoms with van der Waals surface area (Å²) >= 11 is 0. The number of carbonyl (C=O) groups excluding carboxylic acids is 1. The summed E-state index contributed by atoms with van der Waals surface area (Å²) in [5, 5.41) is 13.4. The van der Waals surface area contributed by atoms with Gasteiger partial charge in [0.2, 0.25) is 0 Å². The minimum absolute atomic E-state index is 0.0381. The molecule has 1 aromatic carbocycles. The number of amides is 1. The van der Waals surface area contributed by atoms with Crippen LogP contribution in [0.3, 0.4) is 0 Å². The molecule has 0 atom stereocenters. The highest BCUT2D eigenvalue weighted by Crippen LogP contribution is 2.26. The third-order valence-electron chi connectivity index (χ3n) is 3.38. The van der Waals surface area contributed by atoms with Crippen molar-refractivity contribution in [1.29, 1.82) is 0 Å². The van der Waals surface area contributed by atoms with Crippen LogP contribution in [0, 0.1) is 6.92 Å². The zero-order valence-corrected chi connectivity index (χ0v) is 12.2. The smallest absolute Gasteiger partial charge is 0.325 e. The molecule has 2 aromatic heterocycles. The van der Waals surface area contributed by atoms with Crippen molar-refractivity contribution in [2.24, 2.45) is 5.73 Å². The van der Waals surface area contributed by atoms with Gasteiger partial charge in [0.15, 0.2) is 5.69 Å². The lowest BCUT2D eigenvalue weighted by atomic mass is 10.1. The van der Waals surface area contributed by atoms with Crippen LogP contribution >= 0.6 is 0 Å². The monoisotopic (exact) mass is 311 g/mol. The number of primary amides is 1. The first-order valence-electron chi connectivity index (χ1n) is 6.77. The van der Waals surface area contributed by atoms with Crippen molar-refractivity contribution in [2.75, 3.05) is 0 Å². The van der Waals surface area contributed by atoms with E-state index in [0.717, 1.165) is 11.1 Å². The maximum absolute atomic E-state index is 11.6. The predicted molar refractivity (Wildman–Crippen MR) is 81.6 cm³/mol. The van der Waals surface area contributed by atoms with Gasteiger partial charge in [0.05, 0.1) is 5.52 Å². The fourth-order valence-corrected chi connectivity index (χ4v) is 2.33. The van der Waals surface area contributed by atoms with Crippen LogP contribution in [0.5, 0.6) is 0 Å². The second kappa shape index (κ2) is 5.48. The maximum Gasteiger partial charge on any atom is 0.325 e. The molecule has 3 aromatic rings. The van der Waals surface area contributed by atoms with Gasteiger partial charge in [0.25, 0.3) is 5.91 Å². The van der Waals surface area contributed by atoms with Gasteiger partial charge in [-0.15, -0.1) is 0 Å². The Labute approximate surface area is 130 Å². The Morgan fingerprint density at radius 3 is 2.52 bits per heavy atom. The SMILES string of the molecule is Cc1ncc(-c2ccc3c(c2)c(C(N)=O)nn3CC(=O)O)cn1. The number of aryl methyl sites for hydroxylation is 1. The number of nitrogens with two attached hydrogens (primary N) is 1. The molecule has 0 saturated carbocycles. The summed E-state index contributed by atoms with van der Waals surface area (Å²) in [4.78, 5) is 30.8. The molecule has 0 aliphatic rings. The van der Waals surface area contributed by atoms with Crippen LogP contribution in [-0.4, -0.2) is 36.7 Å². The van der Waals surface area contributed by atoms with Crippen molar-refractivity contribution in [2.45, 2.75) is 13.5 Å². The van der Waals surface area contributed by atoms with Gasteiger partial charge in [-0.05, 0) is 24.6 Å². The van der Waals surface area contributed by atoms with Gasteiger partial charge in [-0.2, -0.15) is 5.10 Å². The molecule has 3 N–H and O–H groups in total. The van der Waals surface area contributed by atoms with Crippen molar-refractivity contribution in [1.82, 2.24) is 19.7 Å². The van der Waals surface area contributed by atoms with Gasteiger partial charge in [-0.3, -0.25) is 14.3 Å². The molecule has 1 amide bonds. The summed E-state index contributed by atoms with van der Waals surface area (Å²) in [5.41, 5.74) is 7.47. The van der Waals surface area contributed by atoms with Gasteiger partial charge in [-0.1, -0.05) is 6.07 Å². The highest BCUT2D eigenvalue weighted by atomic mass is 16.4. The number of fused-ring (bicyclic) bond motifs is 1. The molecule has 2 heterocycles. The Morgan fingerprint density at radius 1 is 1.22 bits per heavy atom. The van der Waals surface area contributed by atoms with Crippen LogP contribution in [0.15, 0.2) is 30.6 Å². The van der Waals surface area contributed by atoms with Crippen molar-refractivity contribution in [3.63, 3.8) is 0 Å². The van der Waals surface area contributed by atoms with E-state index in [-0.39, 0.29) is 12.2 Å². The number of carbonyl (C=O) groups is 2. The van der Waals surface area contributed by atoms with E-state index in [4.69, 9.17) is 10.8 Å². The van der Waals surface area contributed by atoms with Crippen LogP contribution < -0.4 is 5.73 Å². The summed E-state index contributed by atoms with van der Waals surface area (Å²) in [6.07, 6.45) is 3.35. The molecule has 0 bridgehead atoms. The minimum atomic E-state index is -1.05. The third kappa shape index (κ3) is 2.73. The van der Waals surface area contributed by atoms with Crippen molar-refractivity contribution in [3.05, 3.63) is 42.1 Å². The number of hydrogen-bond acceptors (Lipinski definition) is 5. The summed E-state index contributed by atoms with van der Waals surface area (Å²) in [6.45, 7) is 1.44. The van der Waals surface area contributed by atoms with E-state index in [1.807, 2.05) is 0 Å². The maximum atomic E-state index is 11.6. The fraction of sp³-hybridized carbons (Fsp3) is 0.133. The molecule has 116 valence electrons. The van der Waals surface area contributed by atoms with Gasteiger partial charge in [-0.25, -0.2) is 9.97 Å². The first kappa shape index (κ1) is 14.6. The molecular weight excluding hydrogens is 298 g/mol. The molecule has 8 nitrogen and oxygen atoms in total. The molecule has 0 spiro atoms. The summed E-state index contributed by atoms with van der Waals surface area (Å²) in [5.74, 6) is -1.11. The van der Waals surface area contributed by atoms with Gasteiger partial charge < -0.3 is 10.8 Å². The standard InChI is InChI=1S/C15H13N5O3/c1-8-17-5-10(6-18-8)9-2-3-12-11(4-9)14(15(16)23)19-20(12)7-13(21)22/h2-6H,7H2,1H3,(H2,16,23)(H,21,22). The van der Waals surface area contributed by atoms with Gasteiger partial charge in [0, 0.05) is 23.3 Å². The quantitative estimate of drug-likeness (QED) is 0.740. The lowest BCUT2D eigenvalue weighted by Crippen LogP contribution is -2.14. The molecule has 8 heteroatoms. The van der Waals surface area contributed by atoms with E-state index in [2.05, 4.69) is 15.1 Å². The van der Waals surface area contributed by atoms with Crippen molar-refractivity contribution in [3.8, 4) is 11.1 Å². The summed E-state index contributed by atoms with van der Waals surface area (Å²) in [7, 11) is 0. The summed E-state index contributed by atoms with van der Waals surface area (Å²) in [6, 6.07) is 5.23. The van der Waals surface area contributed by atoms with E-state index in [9.17, 15) is 9.59 Å². The summed E-state index contributed by atoms with van der Waals surface area (Å²) < 4.78 is 1.24. The van der Waals surface area contributed by atoms with Gasteiger partial charge in [0.1, 0.15) is 12.4 Å². The topological polar surface area (TPSA) is 124 Å². The highest BCUT2D eigenvalue weighted by molar-refractivity contribution is 6.05. The largest absolute Gasteiger partial charge is 0.480 e. The Balaban J connectivity index is 2.18. The number of benzene rings is 1. The van der Waals surface area contributed by atoms with Crippen LogP contribution in [0.4, 0.5) is 0 Å². The van der Waals surface area contributed by atoms with Crippen LogP contribution in [-0.2, 0) is 11.3 Å². The third-order valence-corrected chi connectivity index (χ3v) is 3.38. The zero-order chi connectivity index (χ0) is 16.6. The van der Waals surface area contributed by atoms with Crippen LogP contribution in [0.2, 0.25) is 0 Å². The van der Waals surface area contributed by atoms with E-state index >= 15 is 0 Å². The highest BCUT2D eigenvalue weighted by Gasteiger charge is 2.17. The minimum Gasteiger partial charge on any atom is -0.480 e. The van der Waals surface area contributed by atoms with E-state index in [1.165, 1.54) is 4.68 Å². The average molecular weight is 311 g/mol. The normalized spacial score (nSPS) is 10.8. The molecule has 0 aliphatic carbocycles. The molecule has 0 radical (unpaired) electrons. The molecule has 23 heavy (non-hydrogen) atoms. The number of rotatable bonds is 4. The predicted octanol–water partition coefficient (Wildman–Crippen LogP) is 0.985. The zero-order valence-electron chi connectivity index (χ0n) is 12.2. The van der Waals surface area contributed by atoms with E-state index < -0.39 is 11.9 Å². The Morgan fingerprint density at radius 2 is 1.91 bits per heavy atom. The van der Waals surface area contributed by atoms with E-state index in [1.54, 1.807) is 37.5 Å². The Bertz CT molecular complexity index is 915. The first-order chi connectivity index (χ1) is 11.0. The lowest BCUT2D eigenvalue weighted by Gasteiger charge is -2.03. The number of aliphatic carboxylic acids is 1. The number of aromatic nitrogens is 4. The second-order valence-corrected chi connectivity index (χ2v) is 5.02. The molecule has 0 fully saturated rings. The number of hydrogen-bond donors (Lipinski definition) is 2. The number of nitrogens with zero attached hydrogens (tertiary/aromatic N) is 4. The fourth-order valence-electron chi connectivity index (χ4n) is 2.33. The number of carboxylic acids is 1. The molecule has 0 saturated heterocycles. The van der Waals surface area contributed by atoms with Crippen molar-refractivity contribution >= 4 is 22.8 Å². The first-order valence-corrected chi connectivity index (χ1v) is 6.77. The molecule has 0 unspecified atom stereocenters. The van der Waals surface area contributed by atoms with Crippen molar-refractivity contribution < 1.29 is 14.7 Å². The van der Waals surface area contributed by atoms with E-state index in [0.29, 0.717) is 16.7 Å². The molecule has 3 rings (SSSR count). The average Bonchev–Trinajstić information content (AvgIpc) is 2.85. The van der Waals surface area contributed by atoms with Crippen LogP contribution in [0.25, 0.3) is 22.0 Å². The second-order valence-electron chi connectivity index (χ2n) is 5.02. The molecular formula is C15H13N5O3. The Hall–Kier alpha value is -3.29. The van der Waals surface area contributed by atoms with Crippen LogP contribution in [0.1, 0.15) is 16.3 Å². The Kier molecular flexibility index (Phi) is 3.49. The lowest BCUT2D eigenvalue weighted by molar-refractivity contribution is -0.137. The van der Waals surface area contributed by atoms with Gasteiger partial charge >= 0.3 is 5.97 Å².